The van der Waals surface area contributed by atoms with Gasteiger partial charge in [0.25, 0.3) is 5.91 Å². The van der Waals surface area contributed by atoms with Crippen LogP contribution < -0.4 is 15.5 Å². The Morgan fingerprint density at radius 3 is 2.87 bits per heavy atom. The first kappa shape index (κ1) is 16.3. The van der Waals surface area contributed by atoms with Crippen LogP contribution in [0.5, 0.6) is 5.75 Å². The van der Waals surface area contributed by atoms with E-state index in [-0.39, 0.29) is 22.8 Å². The minimum Gasteiger partial charge on any atom is -0.491 e. The van der Waals surface area contributed by atoms with Crippen LogP contribution in [0.2, 0.25) is 0 Å². The quantitative estimate of drug-likeness (QED) is 0.824. The molecule has 5 nitrogen and oxygen atoms in total. The predicted octanol–water partition coefficient (Wildman–Crippen LogP) is 1.43. The summed E-state index contributed by atoms with van der Waals surface area (Å²) in [6, 6.07) is 3.09. The molecule has 2 aliphatic rings. The Bertz CT molecular complexity index is 592. The Morgan fingerprint density at radius 1 is 1.43 bits per heavy atom. The predicted molar refractivity (Wildman–Crippen MR) is 84.0 cm³/mol. The molecular weight excluding hydrogens is 300 g/mol. The summed E-state index contributed by atoms with van der Waals surface area (Å²) in [6.07, 6.45) is 4.06. The molecule has 1 unspecified atom stereocenters. The van der Waals surface area contributed by atoms with Gasteiger partial charge in [-0.3, -0.25) is 4.79 Å². The van der Waals surface area contributed by atoms with E-state index in [4.69, 9.17) is 9.39 Å². The van der Waals surface area contributed by atoms with Crippen LogP contribution >= 0.6 is 0 Å². The van der Waals surface area contributed by atoms with Crippen molar-refractivity contribution in [1.29, 1.82) is 0 Å². The molecule has 0 saturated heterocycles. The van der Waals surface area contributed by atoms with Gasteiger partial charge in [-0.25, -0.2) is 4.39 Å². The fraction of sp³-hybridized carbons (Fsp3) is 0.562. The Labute approximate surface area is 135 Å². The number of carbonyl (C=O) groups excluding carboxylic acids is 1. The van der Waals surface area contributed by atoms with E-state index in [9.17, 15) is 14.2 Å². The molecule has 0 spiro atoms. The Hall–Kier alpha value is -1.60. The molecule has 0 bridgehead atoms. The molecule has 1 fully saturated rings. The number of fused-ring (bicyclic) bond motifs is 1. The summed E-state index contributed by atoms with van der Waals surface area (Å²) in [5.74, 6) is -0.966. The zero-order valence-electron chi connectivity index (χ0n) is 13.2. The van der Waals surface area contributed by atoms with Crippen LogP contribution in [0.1, 0.15) is 50.7 Å². The van der Waals surface area contributed by atoms with Crippen LogP contribution in [-0.2, 0) is 9.45 Å². The van der Waals surface area contributed by atoms with Crippen LogP contribution in [0.15, 0.2) is 12.1 Å². The van der Waals surface area contributed by atoms with Crippen molar-refractivity contribution in [3.63, 3.8) is 0 Å². The molecule has 1 heterocycles. The fourth-order valence-corrected chi connectivity index (χ4v) is 3.32. The highest BCUT2D eigenvalue weighted by Gasteiger charge is 2.42. The lowest BCUT2D eigenvalue weighted by atomic mass is 9.79. The van der Waals surface area contributed by atoms with Crippen LogP contribution in [0.3, 0.4) is 0 Å². The van der Waals surface area contributed by atoms with Crippen molar-refractivity contribution >= 4 is 18.5 Å². The van der Waals surface area contributed by atoms with E-state index in [1.54, 1.807) is 13.0 Å². The lowest BCUT2D eigenvalue weighted by Crippen LogP contribution is -2.39. The van der Waals surface area contributed by atoms with Gasteiger partial charge in [0.15, 0.2) is 17.7 Å². The first-order chi connectivity index (χ1) is 11.1. The average Bonchev–Trinajstić information content (AvgIpc) is 2.89. The van der Waals surface area contributed by atoms with Crippen molar-refractivity contribution in [2.75, 3.05) is 6.61 Å². The van der Waals surface area contributed by atoms with Crippen LogP contribution in [0, 0.1) is 5.82 Å². The lowest BCUT2D eigenvalue weighted by Gasteiger charge is -2.24. The van der Waals surface area contributed by atoms with Gasteiger partial charge in [0.1, 0.15) is 0 Å². The van der Waals surface area contributed by atoms with E-state index < -0.39 is 24.9 Å². The van der Waals surface area contributed by atoms with Crippen molar-refractivity contribution in [3.05, 3.63) is 23.5 Å². The van der Waals surface area contributed by atoms with Gasteiger partial charge in [-0.05, 0) is 31.3 Å². The zero-order valence-corrected chi connectivity index (χ0v) is 13.2. The third-order valence-corrected chi connectivity index (χ3v) is 4.46. The summed E-state index contributed by atoms with van der Waals surface area (Å²) in [7, 11) is -1.29. The van der Waals surface area contributed by atoms with Gasteiger partial charge < -0.3 is 19.7 Å². The van der Waals surface area contributed by atoms with Gasteiger partial charge in [0.05, 0.1) is 6.61 Å². The van der Waals surface area contributed by atoms with Crippen LogP contribution in [0.4, 0.5) is 4.39 Å². The second-order valence-corrected chi connectivity index (χ2v) is 6.03. The molecule has 124 valence electrons. The highest BCUT2D eigenvalue weighted by Crippen LogP contribution is 2.31. The molecule has 1 aromatic rings. The number of rotatable bonds is 4. The Kier molecular flexibility index (Phi) is 4.87. The van der Waals surface area contributed by atoms with Gasteiger partial charge in [0, 0.05) is 11.6 Å². The maximum absolute atomic E-state index is 14.6. The Balaban J connectivity index is 1.82. The van der Waals surface area contributed by atoms with E-state index in [0.717, 1.165) is 25.7 Å². The second kappa shape index (κ2) is 6.89. The molecule has 2 N–H and O–H groups in total. The number of carbonyl (C=O) groups is 1. The van der Waals surface area contributed by atoms with Crippen molar-refractivity contribution in [1.82, 2.24) is 5.32 Å². The smallest absolute Gasteiger partial charge is 0.491 e. The summed E-state index contributed by atoms with van der Waals surface area (Å²) in [5, 5.41) is 12.9. The average molecular weight is 321 g/mol. The van der Waals surface area contributed by atoms with Gasteiger partial charge in [-0.2, -0.15) is 0 Å². The molecular formula is C16H21BFNO4. The van der Waals surface area contributed by atoms with E-state index in [2.05, 4.69) is 5.32 Å². The number of amides is 1. The molecule has 0 radical (unpaired) electrons. The first-order valence-corrected chi connectivity index (χ1v) is 8.20. The first-order valence-electron chi connectivity index (χ1n) is 8.20. The van der Waals surface area contributed by atoms with Crippen LogP contribution in [-0.4, -0.2) is 30.7 Å². The van der Waals surface area contributed by atoms with Crippen molar-refractivity contribution < 1.29 is 23.6 Å². The highest BCUT2D eigenvalue weighted by atomic mass is 19.1. The number of hydrogen-bond donors (Lipinski definition) is 2. The number of ether oxygens (including phenoxy) is 1. The third kappa shape index (κ3) is 3.21. The van der Waals surface area contributed by atoms with E-state index >= 15 is 0 Å². The molecule has 7 heteroatoms. The molecule has 1 saturated carbocycles. The molecule has 23 heavy (non-hydrogen) atoms. The summed E-state index contributed by atoms with van der Waals surface area (Å²) in [5.41, 5.74) is 0.367. The second-order valence-electron chi connectivity index (χ2n) is 6.03. The maximum atomic E-state index is 14.6. The number of benzene rings is 1. The summed E-state index contributed by atoms with van der Waals surface area (Å²) in [6.45, 7) is 2.07. The standard InChI is InChI=1S/C16H21BFNO4/c1-2-22-12-9-8-11-13(14(12)18)15(23-17(11)21)16(20)19-10-6-4-3-5-7-10/h8-10,15,21H,2-7H2,1H3,(H,19,20). The van der Waals surface area contributed by atoms with Crippen molar-refractivity contribution in [2.45, 2.75) is 51.2 Å². The summed E-state index contributed by atoms with van der Waals surface area (Å²) < 4.78 is 25.2. The van der Waals surface area contributed by atoms with Gasteiger partial charge in [0.2, 0.25) is 0 Å². The molecule has 1 atom stereocenters. The molecule has 3 rings (SSSR count). The van der Waals surface area contributed by atoms with Crippen molar-refractivity contribution in [2.24, 2.45) is 0 Å². The Morgan fingerprint density at radius 2 is 2.17 bits per heavy atom. The minimum absolute atomic E-state index is 0.0689. The molecule has 1 amide bonds. The normalized spacial score (nSPS) is 21.2. The maximum Gasteiger partial charge on any atom is 0.492 e. The summed E-state index contributed by atoms with van der Waals surface area (Å²) >= 11 is 0. The molecule has 1 aliphatic carbocycles. The molecule has 0 aromatic heterocycles. The number of halogens is 1. The van der Waals surface area contributed by atoms with Gasteiger partial charge in [-0.15, -0.1) is 0 Å². The molecule has 1 aromatic carbocycles. The largest absolute Gasteiger partial charge is 0.492 e. The molecule has 1 aliphatic heterocycles. The number of nitrogens with one attached hydrogen (secondary N) is 1. The van der Waals surface area contributed by atoms with E-state index in [0.29, 0.717) is 6.61 Å². The fourth-order valence-electron chi connectivity index (χ4n) is 3.32. The van der Waals surface area contributed by atoms with Crippen LogP contribution in [0.25, 0.3) is 0 Å². The van der Waals surface area contributed by atoms with Gasteiger partial charge >= 0.3 is 7.12 Å². The zero-order chi connectivity index (χ0) is 16.4. The third-order valence-electron chi connectivity index (χ3n) is 4.46. The topological polar surface area (TPSA) is 67.8 Å². The van der Waals surface area contributed by atoms with E-state index in [1.807, 2.05) is 0 Å². The minimum atomic E-state index is -1.29. The highest BCUT2D eigenvalue weighted by molar-refractivity contribution is 6.62. The monoisotopic (exact) mass is 321 g/mol. The SMILES string of the molecule is CCOc1ccc2c(c1F)C(C(=O)NC1CCCCC1)OB2O. The summed E-state index contributed by atoms with van der Waals surface area (Å²) in [4.78, 5) is 12.5. The number of hydrogen-bond acceptors (Lipinski definition) is 4. The lowest BCUT2D eigenvalue weighted by molar-refractivity contribution is -0.129. The van der Waals surface area contributed by atoms with Crippen molar-refractivity contribution in [3.8, 4) is 5.75 Å². The van der Waals surface area contributed by atoms with Gasteiger partial charge in [-0.1, -0.05) is 25.3 Å². The van der Waals surface area contributed by atoms with E-state index in [1.165, 1.54) is 12.5 Å².